The maximum atomic E-state index is 10.3. The monoisotopic (exact) mass is 299 g/mol. The predicted octanol–water partition coefficient (Wildman–Crippen LogP) is -2.12. The fraction of sp³-hybridized carbons (Fsp3) is 0.636. The van der Waals surface area contributed by atoms with Crippen LogP contribution in [0.2, 0.25) is 0 Å². The molecule has 10 nitrogen and oxygen atoms in total. The summed E-state index contributed by atoms with van der Waals surface area (Å²) in [6.45, 7) is -0.289. The zero-order valence-corrected chi connectivity index (χ0v) is 11.2. The second-order valence-electron chi connectivity index (χ2n) is 4.84. The number of aliphatic hydroxyl groups is 3. The Morgan fingerprint density at radius 1 is 1.52 bits per heavy atom. The molecule has 6 N–H and O–H groups in total. The van der Waals surface area contributed by atoms with Crippen molar-refractivity contribution in [1.29, 1.82) is 0 Å². The number of imidazole rings is 1. The number of nitrogens with zero attached hydrogens (tertiary/aromatic N) is 3. The molecule has 3 rings (SSSR count). The summed E-state index contributed by atoms with van der Waals surface area (Å²) in [5, 5.41) is 32.2. The molecule has 0 bridgehead atoms. The summed E-state index contributed by atoms with van der Waals surface area (Å²) in [6.07, 6.45) is -2.94. The van der Waals surface area contributed by atoms with Crippen LogP contribution < -0.4 is 11.1 Å². The number of anilines is 1. The minimum atomic E-state index is -1.17. The van der Waals surface area contributed by atoms with Crippen molar-refractivity contribution < 1.29 is 24.8 Å². The number of rotatable bonds is 3. The van der Waals surface area contributed by atoms with Gasteiger partial charge >= 0.3 is 0 Å². The van der Waals surface area contributed by atoms with Gasteiger partial charge in [-0.15, -0.1) is 0 Å². The topological polar surface area (TPSA) is 147 Å². The highest BCUT2D eigenvalue weighted by atomic mass is 16.6. The van der Waals surface area contributed by atoms with E-state index in [-0.39, 0.29) is 18.3 Å². The molecular weight excluding hydrogens is 282 g/mol. The highest BCUT2D eigenvalue weighted by Crippen LogP contribution is 2.36. The van der Waals surface area contributed by atoms with Gasteiger partial charge in [-0.1, -0.05) is 0 Å². The Labute approximate surface area is 119 Å². The van der Waals surface area contributed by atoms with Crippen LogP contribution in [0.15, 0.2) is 11.3 Å². The fourth-order valence-electron chi connectivity index (χ4n) is 2.62. The molecule has 0 aromatic carbocycles. The lowest BCUT2D eigenvalue weighted by Gasteiger charge is -2.22. The summed E-state index contributed by atoms with van der Waals surface area (Å²) in [7, 11) is 1.43. The van der Waals surface area contributed by atoms with Crippen LogP contribution in [0.3, 0.4) is 0 Å². The van der Waals surface area contributed by atoms with Crippen molar-refractivity contribution in [2.45, 2.75) is 30.8 Å². The molecule has 1 fully saturated rings. The van der Waals surface area contributed by atoms with Crippen LogP contribution in [0.4, 0.5) is 5.82 Å². The predicted molar refractivity (Wildman–Crippen MR) is 70.2 cm³/mol. The number of aromatic nitrogens is 2. The Morgan fingerprint density at radius 2 is 2.29 bits per heavy atom. The molecule has 3 heterocycles. The molecule has 21 heavy (non-hydrogen) atoms. The average molecular weight is 299 g/mol. The Morgan fingerprint density at radius 3 is 2.90 bits per heavy atom. The van der Waals surface area contributed by atoms with E-state index >= 15 is 0 Å². The van der Waals surface area contributed by atoms with E-state index in [0.29, 0.717) is 5.82 Å². The summed E-state index contributed by atoms with van der Waals surface area (Å²) >= 11 is 0. The van der Waals surface area contributed by atoms with Gasteiger partial charge in [0.1, 0.15) is 29.8 Å². The first-order chi connectivity index (χ1) is 10.1. The van der Waals surface area contributed by atoms with Crippen molar-refractivity contribution in [3.8, 4) is 0 Å². The molecule has 0 spiro atoms. The summed E-state index contributed by atoms with van der Waals surface area (Å²) in [6, 6.07) is 0. The lowest BCUT2D eigenvalue weighted by Crippen LogP contribution is -2.35. The van der Waals surface area contributed by atoms with Crippen LogP contribution >= 0.6 is 0 Å². The number of fused-ring (bicyclic) bond motifs is 1. The van der Waals surface area contributed by atoms with Gasteiger partial charge in [-0.3, -0.25) is 4.57 Å². The van der Waals surface area contributed by atoms with Crippen molar-refractivity contribution >= 4 is 11.8 Å². The molecule has 2 aliphatic rings. The number of nitrogens with two attached hydrogens (primary N) is 1. The number of aliphatic imine (C=N–C) groups is 1. The number of aliphatic hydroxyl groups excluding tert-OH is 3. The normalized spacial score (nSPS) is 35.2. The third-order valence-corrected chi connectivity index (χ3v) is 3.61. The van der Waals surface area contributed by atoms with Gasteiger partial charge in [-0.05, 0) is 0 Å². The summed E-state index contributed by atoms with van der Waals surface area (Å²) in [4.78, 5) is 7.79. The van der Waals surface area contributed by atoms with E-state index in [2.05, 4.69) is 15.3 Å². The Balaban J connectivity index is 1.93. The smallest absolute Gasteiger partial charge is 0.197 e. The summed E-state index contributed by atoms with van der Waals surface area (Å²) in [5.74, 6) is 0.415. The molecule has 116 valence electrons. The molecule has 5 unspecified atom stereocenters. The highest BCUT2D eigenvalue weighted by Gasteiger charge is 2.46. The van der Waals surface area contributed by atoms with Gasteiger partial charge in [0, 0.05) is 7.11 Å². The number of methoxy groups -OCH3 is 1. The van der Waals surface area contributed by atoms with Crippen molar-refractivity contribution in [1.82, 2.24) is 9.55 Å². The van der Waals surface area contributed by atoms with Gasteiger partial charge in [-0.2, -0.15) is 0 Å². The third-order valence-electron chi connectivity index (χ3n) is 3.61. The summed E-state index contributed by atoms with van der Waals surface area (Å²) < 4.78 is 12.3. The van der Waals surface area contributed by atoms with Gasteiger partial charge < -0.3 is 35.8 Å². The van der Waals surface area contributed by atoms with Crippen LogP contribution in [0.25, 0.3) is 0 Å². The van der Waals surface area contributed by atoms with Crippen LogP contribution in [-0.2, 0) is 9.47 Å². The average Bonchev–Trinajstić information content (AvgIpc) is 2.99. The van der Waals surface area contributed by atoms with E-state index in [1.54, 1.807) is 0 Å². The molecule has 10 heteroatoms. The van der Waals surface area contributed by atoms with Crippen molar-refractivity contribution in [2.24, 2.45) is 10.7 Å². The SMILES string of the molecule is COC1C(CO)OC(n2cnc3c2NC(N)=NC3O)C1O. The molecule has 0 radical (unpaired) electrons. The second-order valence-corrected chi connectivity index (χ2v) is 4.84. The number of nitrogens with one attached hydrogen (secondary N) is 1. The first-order valence-electron chi connectivity index (χ1n) is 6.39. The largest absolute Gasteiger partial charge is 0.394 e. The lowest BCUT2D eigenvalue weighted by atomic mass is 10.1. The molecule has 0 saturated carbocycles. The third kappa shape index (κ3) is 2.17. The molecule has 0 aliphatic carbocycles. The van der Waals surface area contributed by atoms with Crippen LogP contribution in [-0.4, -0.2) is 62.9 Å². The van der Waals surface area contributed by atoms with Crippen molar-refractivity contribution in [3.63, 3.8) is 0 Å². The van der Waals surface area contributed by atoms with Gasteiger partial charge in [-0.25, -0.2) is 9.98 Å². The highest BCUT2D eigenvalue weighted by molar-refractivity contribution is 5.93. The van der Waals surface area contributed by atoms with Gasteiger partial charge in [0.25, 0.3) is 0 Å². The minimum absolute atomic E-state index is 0.0336. The maximum Gasteiger partial charge on any atom is 0.197 e. The van der Waals surface area contributed by atoms with E-state index in [0.717, 1.165) is 0 Å². The number of ether oxygens (including phenoxy) is 2. The van der Waals surface area contributed by atoms with Crippen LogP contribution in [0, 0.1) is 0 Å². The molecule has 1 saturated heterocycles. The molecule has 5 atom stereocenters. The number of guanidine groups is 1. The second kappa shape index (κ2) is 5.24. The van der Waals surface area contributed by atoms with Crippen LogP contribution in [0.1, 0.15) is 18.1 Å². The number of hydrogen-bond donors (Lipinski definition) is 5. The Bertz CT molecular complexity index is 561. The van der Waals surface area contributed by atoms with E-state index in [9.17, 15) is 15.3 Å². The Hall–Kier alpha value is -1.72. The van der Waals surface area contributed by atoms with Crippen molar-refractivity contribution in [3.05, 3.63) is 12.0 Å². The summed E-state index contributed by atoms with van der Waals surface area (Å²) in [5.41, 5.74) is 5.86. The van der Waals surface area contributed by atoms with E-state index in [1.165, 1.54) is 18.0 Å². The van der Waals surface area contributed by atoms with E-state index < -0.39 is 30.8 Å². The van der Waals surface area contributed by atoms with Gasteiger partial charge in [0.05, 0.1) is 12.9 Å². The van der Waals surface area contributed by atoms with Crippen molar-refractivity contribution in [2.75, 3.05) is 19.0 Å². The van der Waals surface area contributed by atoms with Crippen LogP contribution in [0.5, 0.6) is 0 Å². The molecule has 1 aromatic rings. The van der Waals surface area contributed by atoms with E-state index in [1.807, 2.05) is 0 Å². The quantitative estimate of drug-likeness (QED) is 0.425. The first kappa shape index (κ1) is 14.2. The Kier molecular flexibility index (Phi) is 3.55. The zero-order chi connectivity index (χ0) is 15.1. The zero-order valence-electron chi connectivity index (χ0n) is 11.2. The number of hydrogen-bond acceptors (Lipinski definition) is 9. The fourth-order valence-corrected chi connectivity index (χ4v) is 2.62. The molecular formula is C11H17N5O5. The molecule has 2 aliphatic heterocycles. The minimum Gasteiger partial charge on any atom is -0.394 e. The van der Waals surface area contributed by atoms with E-state index in [4.69, 9.17) is 15.2 Å². The first-order valence-corrected chi connectivity index (χ1v) is 6.39. The van der Waals surface area contributed by atoms with Gasteiger partial charge in [0.2, 0.25) is 0 Å². The lowest BCUT2D eigenvalue weighted by molar-refractivity contribution is -0.0542. The maximum absolute atomic E-state index is 10.3. The molecule has 0 amide bonds. The molecule has 1 aromatic heterocycles. The van der Waals surface area contributed by atoms with Gasteiger partial charge in [0.15, 0.2) is 18.4 Å². The standard InChI is InChI=1S/C11H17N5O5/c1-20-7-4(2-17)21-10(6(7)18)16-3-13-5-8(16)14-11(12)15-9(5)19/h3-4,6-7,9-10,17-19H,2H2,1H3,(H3,12,14,15).